The van der Waals surface area contributed by atoms with E-state index >= 15 is 0 Å². The minimum absolute atomic E-state index is 0.0323. The lowest BCUT2D eigenvalue weighted by molar-refractivity contribution is -0.120. The first-order valence-corrected chi connectivity index (χ1v) is 9.40. The summed E-state index contributed by atoms with van der Waals surface area (Å²) in [6, 6.07) is 12.4. The third-order valence-electron chi connectivity index (χ3n) is 3.84. The van der Waals surface area contributed by atoms with E-state index in [4.69, 9.17) is 0 Å². The number of aromatic nitrogens is 1. The molecule has 2 N–H and O–H groups in total. The lowest BCUT2D eigenvalue weighted by atomic mass is 10.1. The second-order valence-electron chi connectivity index (χ2n) is 5.97. The Bertz CT molecular complexity index is 977. The molecule has 8 heteroatoms. The van der Waals surface area contributed by atoms with Crippen molar-refractivity contribution < 1.29 is 18.4 Å². The number of nitrogens with one attached hydrogen (secondary N) is 2. The number of carbonyl (C=O) groups is 2. The zero-order chi connectivity index (χ0) is 19.9. The van der Waals surface area contributed by atoms with Crippen LogP contribution in [0.1, 0.15) is 12.0 Å². The molecule has 3 rings (SSSR count). The molecule has 2 aromatic carbocycles. The fraction of sp³-hybridized carbons (Fsp3) is 0.150. The number of benzene rings is 2. The van der Waals surface area contributed by atoms with Crippen LogP contribution < -0.4 is 10.6 Å². The highest BCUT2D eigenvalue weighted by molar-refractivity contribution is 7.14. The van der Waals surface area contributed by atoms with Crippen molar-refractivity contribution in [2.45, 2.75) is 12.8 Å². The Morgan fingerprint density at radius 2 is 1.82 bits per heavy atom. The van der Waals surface area contributed by atoms with E-state index < -0.39 is 11.6 Å². The molecule has 5 nitrogen and oxygen atoms in total. The van der Waals surface area contributed by atoms with Gasteiger partial charge in [-0.1, -0.05) is 30.3 Å². The van der Waals surface area contributed by atoms with Crippen LogP contribution >= 0.6 is 11.3 Å². The number of thiazole rings is 1. The number of amides is 2. The third-order valence-corrected chi connectivity index (χ3v) is 4.59. The number of nitrogens with zero attached hydrogens (tertiary/aromatic N) is 1. The molecule has 0 saturated heterocycles. The number of carbonyl (C=O) groups excluding carboxylic acids is 2. The first-order valence-electron chi connectivity index (χ1n) is 8.52. The van der Waals surface area contributed by atoms with Gasteiger partial charge in [-0.2, -0.15) is 0 Å². The topological polar surface area (TPSA) is 71.1 Å². The quantitative estimate of drug-likeness (QED) is 0.633. The minimum atomic E-state index is -0.592. The second-order valence-corrected chi connectivity index (χ2v) is 6.83. The minimum Gasteiger partial charge on any atom is -0.355 e. The molecule has 0 aliphatic heterocycles. The van der Waals surface area contributed by atoms with E-state index in [1.165, 1.54) is 5.38 Å². The van der Waals surface area contributed by atoms with Crippen molar-refractivity contribution >= 4 is 28.3 Å². The fourth-order valence-electron chi connectivity index (χ4n) is 2.49. The van der Waals surface area contributed by atoms with Crippen LogP contribution in [0, 0.1) is 11.6 Å². The summed E-state index contributed by atoms with van der Waals surface area (Å²) >= 11 is 1.11. The molecule has 0 bridgehead atoms. The van der Waals surface area contributed by atoms with E-state index in [-0.39, 0.29) is 47.6 Å². The summed E-state index contributed by atoms with van der Waals surface area (Å²) in [6.07, 6.45) is 0.321. The van der Waals surface area contributed by atoms with Gasteiger partial charge in [-0.25, -0.2) is 13.8 Å². The summed E-state index contributed by atoms with van der Waals surface area (Å²) in [7, 11) is 0. The molecule has 28 heavy (non-hydrogen) atoms. The maximum atomic E-state index is 13.8. The van der Waals surface area contributed by atoms with Gasteiger partial charge in [0.2, 0.25) is 11.8 Å². The van der Waals surface area contributed by atoms with E-state index in [1.54, 1.807) is 0 Å². The van der Waals surface area contributed by atoms with E-state index in [0.29, 0.717) is 0 Å². The normalized spacial score (nSPS) is 10.5. The fourth-order valence-corrected chi connectivity index (χ4v) is 3.22. The van der Waals surface area contributed by atoms with Gasteiger partial charge in [0.05, 0.1) is 12.1 Å². The Kier molecular flexibility index (Phi) is 6.44. The standard InChI is InChI=1S/C20H17F2N3O2S/c21-14-6-7-16(22)15(11-14)17-12-28-20(24-17)25-18(26)8-9-23-19(27)10-13-4-2-1-3-5-13/h1-7,11-12H,8-10H2,(H,23,27)(H,24,25,26). The van der Waals surface area contributed by atoms with Crippen LogP contribution in [0.15, 0.2) is 53.9 Å². The van der Waals surface area contributed by atoms with E-state index in [0.717, 1.165) is 35.1 Å². The van der Waals surface area contributed by atoms with Crippen molar-refractivity contribution in [3.63, 3.8) is 0 Å². The Morgan fingerprint density at radius 3 is 2.61 bits per heavy atom. The number of anilines is 1. The number of hydrogen-bond donors (Lipinski definition) is 2. The van der Waals surface area contributed by atoms with Gasteiger partial charge in [0.15, 0.2) is 5.13 Å². The average Bonchev–Trinajstić information content (AvgIpc) is 3.12. The summed E-state index contributed by atoms with van der Waals surface area (Å²) in [6.45, 7) is 0.189. The van der Waals surface area contributed by atoms with Crippen molar-refractivity contribution in [3.05, 3.63) is 71.1 Å². The van der Waals surface area contributed by atoms with Gasteiger partial charge in [0, 0.05) is 23.9 Å². The van der Waals surface area contributed by atoms with E-state index in [1.807, 2.05) is 30.3 Å². The SMILES string of the molecule is O=C(Cc1ccccc1)NCCC(=O)Nc1nc(-c2cc(F)ccc2F)cs1. The molecular weight excluding hydrogens is 384 g/mol. The van der Waals surface area contributed by atoms with Gasteiger partial charge in [-0.15, -0.1) is 11.3 Å². The largest absolute Gasteiger partial charge is 0.355 e. The molecule has 0 radical (unpaired) electrons. The van der Waals surface area contributed by atoms with Crippen molar-refractivity contribution in [3.8, 4) is 11.3 Å². The van der Waals surface area contributed by atoms with Crippen LogP contribution in [0.25, 0.3) is 11.3 Å². The van der Waals surface area contributed by atoms with Crippen LogP contribution in [-0.2, 0) is 16.0 Å². The molecule has 3 aromatic rings. The highest BCUT2D eigenvalue weighted by Crippen LogP contribution is 2.27. The summed E-state index contributed by atoms with van der Waals surface area (Å²) in [5.74, 6) is -1.66. The molecule has 144 valence electrons. The lowest BCUT2D eigenvalue weighted by Gasteiger charge is -2.05. The van der Waals surface area contributed by atoms with Crippen molar-refractivity contribution in [2.75, 3.05) is 11.9 Å². The molecule has 0 fully saturated rings. The van der Waals surface area contributed by atoms with Gasteiger partial charge in [0.1, 0.15) is 11.6 Å². The number of rotatable bonds is 7. The average molecular weight is 401 g/mol. The predicted octanol–water partition coefficient (Wildman–Crippen LogP) is 3.78. The van der Waals surface area contributed by atoms with Crippen molar-refractivity contribution in [2.24, 2.45) is 0 Å². The van der Waals surface area contributed by atoms with E-state index in [9.17, 15) is 18.4 Å². The molecule has 1 heterocycles. The first kappa shape index (κ1) is 19.6. The van der Waals surface area contributed by atoms with E-state index in [2.05, 4.69) is 15.6 Å². The van der Waals surface area contributed by atoms with Crippen LogP contribution in [0.3, 0.4) is 0 Å². The van der Waals surface area contributed by atoms with Crippen molar-refractivity contribution in [1.29, 1.82) is 0 Å². The molecule has 0 aliphatic carbocycles. The molecule has 0 aliphatic rings. The van der Waals surface area contributed by atoms with Gasteiger partial charge < -0.3 is 10.6 Å². The summed E-state index contributed by atoms with van der Waals surface area (Å²) < 4.78 is 27.1. The molecule has 0 saturated carbocycles. The van der Waals surface area contributed by atoms with Crippen LogP contribution in [-0.4, -0.2) is 23.3 Å². The maximum Gasteiger partial charge on any atom is 0.227 e. The zero-order valence-corrected chi connectivity index (χ0v) is 15.6. The highest BCUT2D eigenvalue weighted by atomic mass is 32.1. The van der Waals surface area contributed by atoms with Crippen LogP contribution in [0.4, 0.5) is 13.9 Å². The molecule has 0 spiro atoms. The van der Waals surface area contributed by atoms with Gasteiger partial charge in [0.25, 0.3) is 0 Å². The van der Waals surface area contributed by atoms with Gasteiger partial charge >= 0.3 is 0 Å². The van der Waals surface area contributed by atoms with Gasteiger partial charge in [-0.05, 0) is 23.8 Å². The summed E-state index contributed by atoms with van der Waals surface area (Å²) in [4.78, 5) is 28.0. The molecule has 2 amide bonds. The Hall–Kier alpha value is -3.13. The number of halogens is 2. The second kappa shape index (κ2) is 9.18. The Balaban J connectivity index is 1.47. The summed E-state index contributed by atoms with van der Waals surface area (Å²) in [5, 5.41) is 7.09. The smallest absolute Gasteiger partial charge is 0.227 e. The van der Waals surface area contributed by atoms with Crippen LogP contribution in [0.2, 0.25) is 0 Å². The molecule has 1 aromatic heterocycles. The highest BCUT2D eigenvalue weighted by Gasteiger charge is 2.12. The summed E-state index contributed by atoms with van der Waals surface area (Å²) in [5.41, 5.74) is 1.17. The molecule has 0 atom stereocenters. The predicted molar refractivity (Wildman–Crippen MR) is 104 cm³/mol. The molecule has 0 unspecified atom stereocenters. The van der Waals surface area contributed by atoms with Gasteiger partial charge in [-0.3, -0.25) is 9.59 Å². The Morgan fingerprint density at radius 1 is 1.04 bits per heavy atom. The maximum absolute atomic E-state index is 13.8. The van der Waals surface area contributed by atoms with Crippen LogP contribution in [0.5, 0.6) is 0 Å². The number of hydrogen-bond acceptors (Lipinski definition) is 4. The van der Waals surface area contributed by atoms with Crippen molar-refractivity contribution in [1.82, 2.24) is 10.3 Å². The monoisotopic (exact) mass is 401 g/mol. The first-order chi connectivity index (χ1) is 13.5. The molecular formula is C20H17F2N3O2S. The Labute approximate surface area is 164 Å². The zero-order valence-electron chi connectivity index (χ0n) is 14.7. The lowest BCUT2D eigenvalue weighted by Crippen LogP contribution is -2.28. The third kappa shape index (κ3) is 5.43.